The quantitative estimate of drug-likeness (QED) is 0.890. The van der Waals surface area contributed by atoms with Gasteiger partial charge in [-0.25, -0.2) is 0 Å². The Kier molecular flexibility index (Phi) is 3.89. The zero-order valence-electron chi connectivity index (χ0n) is 11.0. The van der Waals surface area contributed by atoms with E-state index in [0.29, 0.717) is 16.5 Å². The third kappa shape index (κ3) is 2.64. The number of hydrogen-bond donors (Lipinski definition) is 2. The van der Waals surface area contributed by atoms with Gasteiger partial charge in [0.2, 0.25) is 0 Å². The Morgan fingerprint density at radius 1 is 1.10 bits per heavy atom. The van der Waals surface area contributed by atoms with Crippen LogP contribution in [0.15, 0.2) is 42.5 Å². The maximum Gasteiger partial charge on any atom is 0.254 e. The normalized spacial score (nSPS) is 20.1. The van der Waals surface area contributed by atoms with Gasteiger partial charge in [0.15, 0.2) is 0 Å². The molecule has 2 unspecified atom stereocenters. The first-order valence-electron chi connectivity index (χ1n) is 6.58. The van der Waals surface area contributed by atoms with Crippen LogP contribution in [0.25, 0.3) is 0 Å². The Morgan fingerprint density at radius 2 is 1.76 bits per heavy atom. The molecule has 108 valence electrons. The summed E-state index contributed by atoms with van der Waals surface area (Å²) in [6, 6.07) is 12.1. The first kappa shape index (κ1) is 14.4. The third-order valence-electron chi connectivity index (χ3n) is 3.68. The molecule has 1 aliphatic carbocycles. The van der Waals surface area contributed by atoms with Crippen LogP contribution in [0.1, 0.15) is 27.5 Å². The van der Waals surface area contributed by atoms with Crippen LogP contribution in [0.3, 0.4) is 0 Å². The summed E-state index contributed by atoms with van der Waals surface area (Å²) in [4.78, 5) is 12.4. The van der Waals surface area contributed by atoms with Crippen molar-refractivity contribution < 1.29 is 9.90 Å². The molecule has 2 aromatic rings. The molecule has 0 bridgehead atoms. The van der Waals surface area contributed by atoms with Gasteiger partial charge in [0.1, 0.15) is 0 Å². The summed E-state index contributed by atoms with van der Waals surface area (Å²) < 4.78 is 0. The fourth-order valence-electron chi connectivity index (χ4n) is 2.68. The molecule has 0 heterocycles. The number of amides is 1. The van der Waals surface area contributed by atoms with Crippen LogP contribution < -0.4 is 5.32 Å². The number of aliphatic hydroxyl groups excluding tert-OH is 1. The number of nitrogens with one attached hydrogen (secondary N) is 1. The molecular formula is C16H13Cl2NO2. The summed E-state index contributed by atoms with van der Waals surface area (Å²) >= 11 is 12.1. The van der Waals surface area contributed by atoms with Gasteiger partial charge in [0, 0.05) is 6.42 Å². The number of carbonyl (C=O) groups is 1. The van der Waals surface area contributed by atoms with E-state index in [2.05, 4.69) is 5.32 Å². The van der Waals surface area contributed by atoms with Crippen LogP contribution >= 0.6 is 23.2 Å². The Bertz CT molecular complexity index is 682. The second-order valence-electron chi connectivity index (χ2n) is 5.02. The number of halogens is 2. The number of aliphatic hydroxyl groups is 1. The van der Waals surface area contributed by atoms with Gasteiger partial charge in [0.25, 0.3) is 5.91 Å². The topological polar surface area (TPSA) is 49.3 Å². The average Bonchev–Trinajstić information content (AvgIpc) is 2.75. The molecule has 0 aromatic heterocycles. The first-order chi connectivity index (χ1) is 10.1. The highest BCUT2D eigenvalue weighted by Crippen LogP contribution is 2.32. The lowest BCUT2D eigenvalue weighted by Crippen LogP contribution is -2.34. The maximum atomic E-state index is 12.4. The molecule has 2 aromatic carbocycles. The zero-order valence-corrected chi connectivity index (χ0v) is 12.5. The summed E-state index contributed by atoms with van der Waals surface area (Å²) in [7, 11) is 0. The molecule has 0 saturated heterocycles. The fraction of sp³-hybridized carbons (Fsp3) is 0.188. The van der Waals surface area contributed by atoms with Gasteiger partial charge in [-0.05, 0) is 23.3 Å². The molecule has 0 aliphatic heterocycles. The van der Waals surface area contributed by atoms with Gasteiger partial charge in [-0.3, -0.25) is 4.79 Å². The smallest absolute Gasteiger partial charge is 0.254 e. The van der Waals surface area contributed by atoms with Gasteiger partial charge >= 0.3 is 0 Å². The van der Waals surface area contributed by atoms with E-state index < -0.39 is 12.1 Å². The van der Waals surface area contributed by atoms with E-state index in [4.69, 9.17) is 23.2 Å². The van der Waals surface area contributed by atoms with E-state index in [9.17, 15) is 9.90 Å². The SMILES string of the molecule is O=C(NC1c2ccccc2CC1O)c1c(Cl)cccc1Cl. The minimum Gasteiger partial charge on any atom is -0.390 e. The van der Waals surface area contributed by atoms with Crippen molar-refractivity contribution in [2.45, 2.75) is 18.6 Å². The van der Waals surface area contributed by atoms with Gasteiger partial charge in [-0.2, -0.15) is 0 Å². The van der Waals surface area contributed by atoms with Gasteiger partial charge < -0.3 is 10.4 Å². The van der Waals surface area contributed by atoms with Crippen LogP contribution in [-0.4, -0.2) is 17.1 Å². The van der Waals surface area contributed by atoms with Crippen molar-refractivity contribution in [3.8, 4) is 0 Å². The average molecular weight is 322 g/mol. The van der Waals surface area contributed by atoms with Crippen molar-refractivity contribution in [2.24, 2.45) is 0 Å². The summed E-state index contributed by atoms with van der Waals surface area (Å²) in [5, 5.41) is 13.6. The molecule has 0 fully saturated rings. The molecule has 0 spiro atoms. The zero-order chi connectivity index (χ0) is 15.0. The highest BCUT2D eigenvalue weighted by Gasteiger charge is 2.32. The van der Waals surface area contributed by atoms with Crippen LogP contribution in [0.2, 0.25) is 10.0 Å². The molecule has 2 N–H and O–H groups in total. The Labute approximate surface area is 132 Å². The molecule has 1 amide bonds. The summed E-state index contributed by atoms with van der Waals surface area (Å²) in [5.74, 6) is -0.383. The van der Waals surface area contributed by atoms with E-state index in [-0.39, 0.29) is 11.5 Å². The lowest BCUT2D eigenvalue weighted by atomic mass is 10.1. The first-order valence-corrected chi connectivity index (χ1v) is 7.34. The third-order valence-corrected chi connectivity index (χ3v) is 4.31. The van der Waals surface area contributed by atoms with Crippen molar-refractivity contribution in [1.82, 2.24) is 5.32 Å². The van der Waals surface area contributed by atoms with Crippen LogP contribution in [0.5, 0.6) is 0 Å². The molecule has 0 saturated carbocycles. The number of hydrogen-bond acceptors (Lipinski definition) is 2. The largest absolute Gasteiger partial charge is 0.390 e. The fourth-order valence-corrected chi connectivity index (χ4v) is 3.25. The monoisotopic (exact) mass is 321 g/mol. The van der Waals surface area contributed by atoms with E-state index in [0.717, 1.165) is 11.1 Å². The maximum absolute atomic E-state index is 12.4. The molecular weight excluding hydrogens is 309 g/mol. The van der Waals surface area contributed by atoms with Gasteiger partial charge in [0.05, 0.1) is 27.8 Å². The molecule has 3 nitrogen and oxygen atoms in total. The number of rotatable bonds is 2. The van der Waals surface area contributed by atoms with Crippen LogP contribution in [0.4, 0.5) is 0 Å². The van der Waals surface area contributed by atoms with E-state index in [1.54, 1.807) is 18.2 Å². The molecule has 1 aliphatic rings. The lowest BCUT2D eigenvalue weighted by Gasteiger charge is -2.18. The highest BCUT2D eigenvalue weighted by atomic mass is 35.5. The van der Waals surface area contributed by atoms with Crippen molar-refractivity contribution in [3.63, 3.8) is 0 Å². The second-order valence-corrected chi connectivity index (χ2v) is 5.83. The predicted octanol–water partition coefficient (Wildman–Crippen LogP) is 3.38. The summed E-state index contributed by atoms with van der Waals surface area (Å²) in [6.07, 6.45) is -0.121. The number of fused-ring (bicyclic) bond motifs is 1. The molecule has 3 rings (SSSR count). The lowest BCUT2D eigenvalue weighted by molar-refractivity contribution is 0.0858. The Morgan fingerprint density at radius 3 is 2.48 bits per heavy atom. The molecule has 21 heavy (non-hydrogen) atoms. The minimum atomic E-state index is -0.646. The standard InChI is InChI=1S/C16H13Cl2NO2/c17-11-6-3-7-12(18)14(11)16(21)19-15-10-5-2-1-4-9(10)8-13(15)20/h1-7,13,15,20H,8H2,(H,19,21). The minimum absolute atomic E-state index is 0.234. The number of benzene rings is 2. The van der Waals surface area contributed by atoms with Crippen LogP contribution in [0, 0.1) is 0 Å². The van der Waals surface area contributed by atoms with Crippen molar-refractivity contribution in [1.29, 1.82) is 0 Å². The summed E-state index contributed by atoms with van der Waals surface area (Å²) in [6.45, 7) is 0. The molecule has 2 atom stereocenters. The Balaban J connectivity index is 1.89. The van der Waals surface area contributed by atoms with Crippen molar-refractivity contribution in [2.75, 3.05) is 0 Å². The van der Waals surface area contributed by atoms with Crippen molar-refractivity contribution >= 4 is 29.1 Å². The molecule has 0 radical (unpaired) electrons. The highest BCUT2D eigenvalue weighted by molar-refractivity contribution is 6.39. The Hall–Kier alpha value is -1.55. The van der Waals surface area contributed by atoms with E-state index in [1.807, 2.05) is 24.3 Å². The van der Waals surface area contributed by atoms with Gasteiger partial charge in [-0.1, -0.05) is 53.5 Å². The van der Waals surface area contributed by atoms with E-state index >= 15 is 0 Å². The van der Waals surface area contributed by atoms with E-state index in [1.165, 1.54) is 0 Å². The summed E-state index contributed by atoms with van der Waals surface area (Å²) in [5.41, 5.74) is 2.21. The number of carbonyl (C=O) groups excluding carboxylic acids is 1. The predicted molar refractivity (Wildman–Crippen MR) is 82.8 cm³/mol. The van der Waals surface area contributed by atoms with Gasteiger partial charge in [-0.15, -0.1) is 0 Å². The van der Waals surface area contributed by atoms with Crippen LogP contribution in [-0.2, 0) is 6.42 Å². The van der Waals surface area contributed by atoms with Crippen molar-refractivity contribution in [3.05, 3.63) is 69.2 Å². The second kappa shape index (κ2) is 5.68. The molecule has 5 heteroatoms.